The van der Waals surface area contributed by atoms with Gasteiger partial charge in [0.2, 0.25) is 0 Å². The van der Waals surface area contributed by atoms with Crippen LogP contribution in [0.25, 0.3) is 0 Å². The van der Waals surface area contributed by atoms with Crippen LogP contribution in [0.3, 0.4) is 0 Å². The van der Waals surface area contributed by atoms with Crippen LogP contribution in [-0.4, -0.2) is 31.1 Å². The lowest BCUT2D eigenvalue weighted by atomic mass is 9.73. The summed E-state index contributed by atoms with van der Waals surface area (Å²) in [4.78, 5) is 2.49. The Balaban J connectivity index is 1.90. The smallest absolute Gasteiger partial charge is 0.0147 e. The summed E-state index contributed by atoms with van der Waals surface area (Å²) in [5.41, 5.74) is 5.95. The van der Waals surface area contributed by atoms with Crippen LogP contribution < -0.4 is 5.73 Å². The van der Waals surface area contributed by atoms with E-state index in [1.54, 1.807) is 0 Å². The van der Waals surface area contributed by atoms with Crippen molar-refractivity contribution in [1.82, 2.24) is 4.90 Å². The highest BCUT2D eigenvalue weighted by molar-refractivity contribution is 4.90. The van der Waals surface area contributed by atoms with E-state index in [9.17, 15) is 0 Å². The van der Waals surface area contributed by atoms with E-state index < -0.39 is 0 Å². The number of likely N-dealkylation sites (tertiary alicyclic amines) is 1. The van der Waals surface area contributed by atoms with Crippen LogP contribution in [0.1, 0.15) is 38.5 Å². The molecule has 2 unspecified atom stereocenters. The van der Waals surface area contributed by atoms with Crippen molar-refractivity contribution >= 4 is 0 Å². The third kappa shape index (κ3) is 1.96. The van der Waals surface area contributed by atoms with Gasteiger partial charge in [0.25, 0.3) is 0 Å². The Labute approximate surface area is 87.8 Å². The lowest BCUT2D eigenvalue weighted by Crippen LogP contribution is -2.53. The fourth-order valence-corrected chi connectivity index (χ4v) is 3.30. The molecule has 2 nitrogen and oxygen atoms in total. The molecule has 14 heavy (non-hydrogen) atoms. The Morgan fingerprint density at radius 1 is 1.21 bits per heavy atom. The summed E-state index contributed by atoms with van der Waals surface area (Å²) < 4.78 is 0. The first-order valence-corrected chi connectivity index (χ1v) is 6.23. The minimum absolute atomic E-state index is 0.786. The first kappa shape index (κ1) is 10.4. The van der Waals surface area contributed by atoms with Crippen molar-refractivity contribution in [2.45, 2.75) is 44.6 Å². The molecule has 2 fully saturated rings. The van der Waals surface area contributed by atoms with Gasteiger partial charge in [-0.15, -0.1) is 0 Å². The van der Waals surface area contributed by atoms with E-state index in [0.717, 1.165) is 24.4 Å². The zero-order chi connectivity index (χ0) is 9.97. The quantitative estimate of drug-likeness (QED) is 0.746. The molecule has 0 aromatic heterocycles. The molecular formula is C12H24N2. The van der Waals surface area contributed by atoms with E-state index >= 15 is 0 Å². The van der Waals surface area contributed by atoms with Crippen molar-refractivity contribution < 1.29 is 0 Å². The molecule has 1 aliphatic heterocycles. The summed E-state index contributed by atoms with van der Waals surface area (Å²) >= 11 is 0. The number of nitrogens with two attached hydrogens (primary N) is 1. The van der Waals surface area contributed by atoms with Gasteiger partial charge in [0, 0.05) is 6.04 Å². The molecule has 0 spiro atoms. The van der Waals surface area contributed by atoms with Crippen molar-refractivity contribution in [3.63, 3.8) is 0 Å². The van der Waals surface area contributed by atoms with Crippen LogP contribution in [0, 0.1) is 11.8 Å². The largest absolute Gasteiger partial charge is 0.330 e. The van der Waals surface area contributed by atoms with Crippen LogP contribution in [-0.2, 0) is 0 Å². The average Bonchev–Trinajstić information content (AvgIpc) is 2.24. The van der Waals surface area contributed by atoms with Gasteiger partial charge in [-0.2, -0.15) is 0 Å². The lowest BCUT2D eigenvalue weighted by Gasteiger charge is -2.46. The van der Waals surface area contributed by atoms with Gasteiger partial charge in [0.15, 0.2) is 0 Å². The van der Waals surface area contributed by atoms with Crippen LogP contribution >= 0.6 is 0 Å². The van der Waals surface area contributed by atoms with Crippen molar-refractivity contribution in [2.24, 2.45) is 17.6 Å². The summed E-state index contributed by atoms with van der Waals surface area (Å²) in [7, 11) is 2.25. The molecule has 1 saturated heterocycles. The number of rotatable bonds is 3. The maximum Gasteiger partial charge on any atom is 0.0147 e. The molecule has 2 atom stereocenters. The van der Waals surface area contributed by atoms with E-state index in [1.165, 1.54) is 45.1 Å². The van der Waals surface area contributed by atoms with Crippen molar-refractivity contribution in [3.8, 4) is 0 Å². The molecule has 0 bridgehead atoms. The minimum atomic E-state index is 0.786. The Kier molecular flexibility index (Phi) is 3.45. The Bertz CT molecular complexity index is 175. The summed E-state index contributed by atoms with van der Waals surface area (Å²) in [5, 5.41) is 0. The molecule has 1 aliphatic carbocycles. The lowest BCUT2D eigenvalue weighted by molar-refractivity contribution is 0.0388. The molecule has 2 rings (SSSR count). The SMILES string of the molecule is CN1CCC1C(CN)C1CCCCC1. The van der Waals surface area contributed by atoms with Crippen LogP contribution in [0.15, 0.2) is 0 Å². The molecule has 82 valence electrons. The number of hydrogen-bond acceptors (Lipinski definition) is 2. The second-order valence-corrected chi connectivity index (χ2v) is 5.13. The fourth-order valence-electron chi connectivity index (χ4n) is 3.30. The van der Waals surface area contributed by atoms with Crippen LogP contribution in [0.4, 0.5) is 0 Å². The Hall–Kier alpha value is -0.0800. The van der Waals surface area contributed by atoms with Gasteiger partial charge in [-0.25, -0.2) is 0 Å². The first-order valence-electron chi connectivity index (χ1n) is 6.23. The van der Waals surface area contributed by atoms with Crippen LogP contribution in [0.5, 0.6) is 0 Å². The maximum absolute atomic E-state index is 5.95. The van der Waals surface area contributed by atoms with Crippen LogP contribution in [0.2, 0.25) is 0 Å². The molecule has 0 aromatic carbocycles. The molecule has 0 amide bonds. The first-order chi connectivity index (χ1) is 6.83. The van der Waals surface area contributed by atoms with Crippen molar-refractivity contribution in [3.05, 3.63) is 0 Å². The van der Waals surface area contributed by atoms with Gasteiger partial charge in [0.05, 0.1) is 0 Å². The molecule has 2 heteroatoms. The zero-order valence-electron chi connectivity index (χ0n) is 9.41. The van der Waals surface area contributed by atoms with Gasteiger partial charge in [0.1, 0.15) is 0 Å². The highest BCUT2D eigenvalue weighted by atomic mass is 15.2. The summed E-state index contributed by atoms with van der Waals surface area (Å²) in [6.45, 7) is 2.19. The van der Waals surface area contributed by atoms with Gasteiger partial charge in [-0.05, 0) is 38.4 Å². The second kappa shape index (κ2) is 4.63. The normalized spacial score (nSPS) is 32.6. The molecule has 0 radical (unpaired) electrons. The molecule has 1 saturated carbocycles. The highest BCUT2D eigenvalue weighted by Gasteiger charge is 2.36. The summed E-state index contributed by atoms with van der Waals surface area (Å²) in [5.74, 6) is 1.72. The highest BCUT2D eigenvalue weighted by Crippen LogP contribution is 2.36. The van der Waals surface area contributed by atoms with Crippen molar-refractivity contribution in [1.29, 1.82) is 0 Å². The Morgan fingerprint density at radius 3 is 2.36 bits per heavy atom. The molecule has 2 aliphatic rings. The topological polar surface area (TPSA) is 29.3 Å². The molecule has 0 aromatic rings. The standard InChI is InChI=1S/C12H24N2/c1-14-8-7-12(14)11(9-13)10-5-3-2-4-6-10/h10-12H,2-9,13H2,1H3. The summed E-state index contributed by atoms with van der Waals surface area (Å²) in [6.07, 6.45) is 8.59. The third-order valence-corrected chi connectivity index (χ3v) is 4.37. The van der Waals surface area contributed by atoms with E-state index in [4.69, 9.17) is 5.73 Å². The third-order valence-electron chi connectivity index (χ3n) is 4.37. The van der Waals surface area contributed by atoms with Crippen molar-refractivity contribution in [2.75, 3.05) is 20.1 Å². The predicted octanol–water partition coefficient (Wildman–Crippen LogP) is 1.85. The second-order valence-electron chi connectivity index (χ2n) is 5.13. The van der Waals surface area contributed by atoms with Gasteiger partial charge >= 0.3 is 0 Å². The van der Waals surface area contributed by atoms with E-state index in [-0.39, 0.29) is 0 Å². The van der Waals surface area contributed by atoms with E-state index in [2.05, 4.69) is 11.9 Å². The van der Waals surface area contributed by atoms with Gasteiger partial charge in [-0.3, -0.25) is 0 Å². The number of nitrogens with zero attached hydrogens (tertiary/aromatic N) is 1. The average molecular weight is 196 g/mol. The van der Waals surface area contributed by atoms with E-state index in [1.807, 2.05) is 0 Å². The molecule has 2 N–H and O–H groups in total. The molecule has 1 heterocycles. The van der Waals surface area contributed by atoms with Gasteiger partial charge in [-0.1, -0.05) is 32.1 Å². The fraction of sp³-hybridized carbons (Fsp3) is 1.00. The van der Waals surface area contributed by atoms with Gasteiger partial charge < -0.3 is 10.6 Å². The van der Waals surface area contributed by atoms with E-state index in [0.29, 0.717) is 0 Å². The molecular weight excluding hydrogens is 172 g/mol. The monoisotopic (exact) mass is 196 g/mol. The number of hydrogen-bond donors (Lipinski definition) is 1. The maximum atomic E-state index is 5.95. The Morgan fingerprint density at radius 2 is 1.93 bits per heavy atom. The predicted molar refractivity (Wildman–Crippen MR) is 60.2 cm³/mol. The zero-order valence-corrected chi connectivity index (χ0v) is 9.41. The minimum Gasteiger partial charge on any atom is -0.330 e. The summed E-state index contributed by atoms with van der Waals surface area (Å²) in [6, 6.07) is 0.808.